The van der Waals surface area contributed by atoms with Gasteiger partial charge in [0.05, 0.1) is 20.3 Å². The predicted octanol–water partition coefficient (Wildman–Crippen LogP) is 3.62. The molecule has 0 saturated carbocycles. The van der Waals surface area contributed by atoms with E-state index in [0.29, 0.717) is 11.7 Å². The lowest BCUT2D eigenvalue weighted by Crippen LogP contribution is -2.10. The van der Waals surface area contributed by atoms with Crippen LogP contribution in [0.15, 0.2) is 30.5 Å². The van der Waals surface area contributed by atoms with E-state index in [9.17, 15) is 0 Å². The second kappa shape index (κ2) is 7.64. The van der Waals surface area contributed by atoms with Crippen LogP contribution < -0.4 is 14.8 Å². The molecule has 0 unspecified atom stereocenters. The molecule has 0 fully saturated rings. The molecular formula is C17H23N3O2. The van der Waals surface area contributed by atoms with E-state index < -0.39 is 0 Å². The Balaban J connectivity index is 2.14. The molecule has 1 heterocycles. The van der Waals surface area contributed by atoms with Gasteiger partial charge in [-0.05, 0) is 37.1 Å². The van der Waals surface area contributed by atoms with Gasteiger partial charge in [-0.15, -0.1) is 0 Å². The third kappa shape index (κ3) is 3.87. The van der Waals surface area contributed by atoms with E-state index in [1.807, 2.05) is 24.3 Å². The van der Waals surface area contributed by atoms with Gasteiger partial charge in [-0.2, -0.15) is 0 Å². The van der Waals surface area contributed by atoms with Crippen molar-refractivity contribution in [3.05, 3.63) is 41.7 Å². The van der Waals surface area contributed by atoms with E-state index in [-0.39, 0.29) is 6.04 Å². The maximum atomic E-state index is 5.34. The van der Waals surface area contributed by atoms with Gasteiger partial charge in [0, 0.05) is 11.9 Å². The summed E-state index contributed by atoms with van der Waals surface area (Å²) < 4.78 is 10.6. The number of methoxy groups -OCH3 is 2. The summed E-state index contributed by atoms with van der Waals surface area (Å²) in [5, 5.41) is 3.33. The lowest BCUT2D eigenvalue weighted by atomic mass is 10.1. The first kappa shape index (κ1) is 16.1. The third-order valence-electron chi connectivity index (χ3n) is 3.47. The van der Waals surface area contributed by atoms with E-state index in [4.69, 9.17) is 9.47 Å². The molecule has 22 heavy (non-hydrogen) atoms. The highest BCUT2D eigenvalue weighted by atomic mass is 16.5. The second-order valence-corrected chi connectivity index (χ2v) is 5.10. The van der Waals surface area contributed by atoms with Gasteiger partial charge in [0.2, 0.25) is 5.95 Å². The van der Waals surface area contributed by atoms with Gasteiger partial charge in [-0.3, -0.25) is 0 Å². The molecule has 0 amide bonds. The van der Waals surface area contributed by atoms with Gasteiger partial charge in [0.25, 0.3) is 0 Å². The van der Waals surface area contributed by atoms with Crippen LogP contribution in [-0.2, 0) is 6.42 Å². The molecular weight excluding hydrogens is 278 g/mol. The average Bonchev–Trinajstić information content (AvgIpc) is 2.54. The fraction of sp³-hybridized carbons (Fsp3) is 0.412. The first-order valence-corrected chi connectivity index (χ1v) is 7.48. The highest BCUT2D eigenvalue weighted by Gasteiger charge is 2.11. The van der Waals surface area contributed by atoms with Crippen molar-refractivity contribution in [3.63, 3.8) is 0 Å². The molecule has 0 spiro atoms. The molecule has 0 bridgehead atoms. The van der Waals surface area contributed by atoms with Gasteiger partial charge in [-0.1, -0.05) is 19.4 Å². The Bertz CT molecular complexity index is 617. The Morgan fingerprint density at radius 2 is 1.91 bits per heavy atom. The Morgan fingerprint density at radius 3 is 2.59 bits per heavy atom. The smallest absolute Gasteiger partial charge is 0.223 e. The summed E-state index contributed by atoms with van der Waals surface area (Å²) in [5.74, 6) is 2.09. The summed E-state index contributed by atoms with van der Waals surface area (Å²) in [6, 6.07) is 7.90. The number of hydrogen-bond donors (Lipinski definition) is 1. The molecule has 0 saturated heterocycles. The number of nitrogens with zero attached hydrogens (tertiary/aromatic N) is 2. The molecule has 1 N–H and O–H groups in total. The summed E-state index contributed by atoms with van der Waals surface area (Å²) in [4.78, 5) is 8.81. The van der Waals surface area contributed by atoms with Crippen LogP contribution in [0.25, 0.3) is 0 Å². The van der Waals surface area contributed by atoms with Crippen molar-refractivity contribution in [2.24, 2.45) is 0 Å². The molecule has 1 aromatic heterocycles. The van der Waals surface area contributed by atoms with Gasteiger partial charge < -0.3 is 14.8 Å². The Hall–Kier alpha value is -2.30. The van der Waals surface area contributed by atoms with Crippen LogP contribution in [0, 0.1) is 0 Å². The molecule has 0 radical (unpaired) electrons. The maximum Gasteiger partial charge on any atom is 0.223 e. The summed E-state index contributed by atoms with van der Waals surface area (Å²) in [6.07, 6.45) is 3.82. The number of nitrogens with one attached hydrogen (secondary N) is 1. The van der Waals surface area contributed by atoms with Crippen LogP contribution in [0.2, 0.25) is 0 Å². The molecule has 1 atom stereocenters. The van der Waals surface area contributed by atoms with Crippen LogP contribution in [0.1, 0.15) is 37.6 Å². The lowest BCUT2D eigenvalue weighted by Gasteiger charge is -2.16. The molecule has 118 valence electrons. The van der Waals surface area contributed by atoms with Gasteiger partial charge in [-0.25, -0.2) is 9.97 Å². The zero-order chi connectivity index (χ0) is 15.9. The Labute approximate surface area is 131 Å². The van der Waals surface area contributed by atoms with E-state index in [2.05, 4.69) is 29.1 Å². The van der Waals surface area contributed by atoms with Gasteiger partial charge in [0.15, 0.2) is 11.5 Å². The van der Waals surface area contributed by atoms with Crippen molar-refractivity contribution in [1.82, 2.24) is 9.97 Å². The Morgan fingerprint density at radius 1 is 1.14 bits per heavy atom. The number of hydrogen-bond acceptors (Lipinski definition) is 5. The van der Waals surface area contributed by atoms with Crippen LogP contribution in [0.4, 0.5) is 5.95 Å². The van der Waals surface area contributed by atoms with Crippen molar-refractivity contribution >= 4 is 5.95 Å². The first-order valence-electron chi connectivity index (χ1n) is 7.48. The fourth-order valence-electron chi connectivity index (χ4n) is 2.26. The topological polar surface area (TPSA) is 56.3 Å². The summed E-state index contributed by atoms with van der Waals surface area (Å²) in [5.41, 5.74) is 2.14. The summed E-state index contributed by atoms with van der Waals surface area (Å²) >= 11 is 0. The number of aryl methyl sites for hydroxylation is 1. The maximum absolute atomic E-state index is 5.34. The monoisotopic (exact) mass is 301 g/mol. The number of aromatic nitrogens is 2. The molecule has 1 aromatic carbocycles. The van der Waals surface area contributed by atoms with E-state index in [0.717, 1.165) is 29.8 Å². The van der Waals surface area contributed by atoms with Crippen molar-refractivity contribution in [2.45, 2.75) is 32.7 Å². The first-order chi connectivity index (χ1) is 10.7. The molecule has 5 heteroatoms. The highest BCUT2D eigenvalue weighted by molar-refractivity contribution is 5.45. The van der Waals surface area contributed by atoms with Crippen molar-refractivity contribution in [1.29, 1.82) is 0 Å². The van der Waals surface area contributed by atoms with Crippen molar-refractivity contribution in [3.8, 4) is 11.5 Å². The minimum absolute atomic E-state index is 0.0664. The van der Waals surface area contributed by atoms with E-state index in [1.54, 1.807) is 20.4 Å². The average molecular weight is 301 g/mol. The number of benzene rings is 1. The SMILES string of the molecule is CCCc1ccnc(N[C@H](C)c2ccc(OC)c(OC)c2)n1. The van der Waals surface area contributed by atoms with Crippen LogP contribution in [0.5, 0.6) is 11.5 Å². The number of rotatable bonds is 7. The minimum atomic E-state index is 0.0664. The quantitative estimate of drug-likeness (QED) is 0.846. The molecule has 0 aliphatic heterocycles. The molecule has 2 aromatic rings. The Kier molecular flexibility index (Phi) is 5.58. The van der Waals surface area contributed by atoms with Gasteiger partial charge >= 0.3 is 0 Å². The van der Waals surface area contributed by atoms with Crippen LogP contribution >= 0.6 is 0 Å². The second-order valence-electron chi connectivity index (χ2n) is 5.10. The zero-order valence-corrected chi connectivity index (χ0v) is 13.6. The number of ether oxygens (including phenoxy) is 2. The van der Waals surface area contributed by atoms with Crippen LogP contribution in [0.3, 0.4) is 0 Å². The van der Waals surface area contributed by atoms with Gasteiger partial charge in [0.1, 0.15) is 0 Å². The summed E-state index contributed by atoms with van der Waals surface area (Å²) in [7, 11) is 3.27. The van der Waals surface area contributed by atoms with Crippen molar-refractivity contribution in [2.75, 3.05) is 19.5 Å². The molecule has 0 aliphatic carbocycles. The van der Waals surface area contributed by atoms with E-state index >= 15 is 0 Å². The largest absolute Gasteiger partial charge is 0.493 e. The lowest BCUT2D eigenvalue weighted by molar-refractivity contribution is 0.354. The predicted molar refractivity (Wildman–Crippen MR) is 87.6 cm³/mol. The third-order valence-corrected chi connectivity index (χ3v) is 3.47. The highest BCUT2D eigenvalue weighted by Crippen LogP contribution is 2.30. The summed E-state index contributed by atoms with van der Waals surface area (Å²) in [6.45, 7) is 4.21. The molecule has 5 nitrogen and oxygen atoms in total. The standard InChI is InChI=1S/C17H23N3O2/c1-5-6-14-9-10-18-17(20-14)19-12(2)13-7-8-15(21-3)16(11-13)22-4/h7-12H,5-6H2,1-4H3,(H,18,19,20)/t12-/m1/s1. The van der Waals surface area contributed by atoms with Crippen molar-refractivity contribution < 1.29 is 9.47 Å². The minimum Gasteiger partial charge on any atom is -0.493 e. The van der Waals surface area contributed by atoms with E-state index in [1.165, 1.54) is 0 Å². The zero-order valence-electron chi connectivity index (χ0n) is 13.6. The van der Waals surface area contributed by atoms with Crippen LogP contribution in [-0.4, -0.2) is 24.2 Å². The molecule has 0 aliphatic rings. The number of anilines is 1. The molecule has 2 rings (SSSR count). The fourth-order valence-corrected chi connectivity index (χ4v) is 2.26. The normalized spacial score (nSPS) is 11.8.